The first kappa shape index (κ1) is 22.1. The zero-order valence-corrected chi connectivity index (χ0v) is 18.4. The van der Waals surface area contributed by atoms with Gasteiger partial charge in [0.2, 0.25) is 0 Å². The van der Waals surface area contributed by atoms with Crippen LogP contribution in [0.5, 0.6) is 0 Å². The zero-order valence-electron chi connectivity index (χ0n) is 18.4. The van der Waals surface area contributed by atoms with Crippen LogP contribution in [0.4, 0.5) is 13.2 Å². The van der Waals surface area contributed by atoms with Crippen LogP contribution in [0.1, 0.15) is 47.1 Å². The summed E-state index contributed by atoms with van der Waals surface area (Å²) in [6, 6.07) is 12.5. The summed E-state index contributed by atoms with van der Waals surface area (Å²) in [5, 5.41) is 18.2. The number of benzene rings is 2. The van der Waals surface area contributed by atoms with Crippen molar-refractivity contribution in [2.75, 3.05) is 0 Å². The number of nitrogens with zero attached hydrogens (tertiary/aromatic N) is 4. The Morgan fingerprint density at radius 1 is 1.18 bits per heavy atom. The third-order valence-corrected chi connectivity index (χ3v) is 6.41. The van der Waals surface area contributed by atoms with Crippen molar-refractivity contribution in [1.29, 1.82) is 0 Å². The fourth-order valence-corrected chi connectivity index (χ4v) is 5.01. The van der Waals surface area contributed by atoms with Crippen molar-refractivity contribution in [3.8, 4) is 0 Å². The summed E-state index contributed by atoms with van der Waals surface area (Å²) in [5.41, 5.74) is 0.841. The smallest absolute Gasteiger partial charge is 0.346 e. The minimum Gasteiger partial charge on any atom is -0.346 e. The second-order valence-corrected chi connectivity index (χ2v) is 9.13. The normalized spacial score (nSPS) is 20.3. The van der Waals surface area contributed by atoms with E-state index < -0.39 is 17.3 Å². The molecule has 1 fully saturated rings. The lowest BCUT2D eigenvalue weighted by Crippen LogP contribution is -2.58. The topological polar surface area (TPSA) is 88.5 Å². The number of para-hydroxylation sites is 1. The molecule has 10 heteroatoms. The Kier molecular flexibility index (Phi) is 5.38. The number of tetrazole rings is 1. The van der Waals surface area contributed by atoms with E-state index >= 15 is 0 Å². The molecule has 0 unspecified atom stereocenters. The molecule has 7 nitrogen and oxygen atoms in total. The molecule has 2 heterocycles. The number of fused-ring (bicyclic) bond motifs is 1. The first-order valence-corrected chi connectivity index (χ1v) is 11.0. The highest BCUT2D eigenvalue weighted by molar-refractivity contribution is 6.06. The molecule has 0 atom stereocenters. The van der Waals surface area contributed by atoms with Crippen molar-refractivity contribution in [1.82, 2.24) is 30.5 Å². The maximum atomic E-state index is 13.4. The summed E-state index contributed by atoms with van der Waals surface area (Å²) in [7, 11) is 0. The fraction of sp³-hybridized carbons (Fsp3) is 0.333. The van der Waals surface area contributed by atoms with Crippen molar-refractivity contribution < 1.29 is 18.0 Å². The standard InChI is InChI=1S/C24H23F3N6O/c1-15-11-23(12-15,13-20-29-31-32-30-20)28-22(34)19-4-2-3-17-9-10-33(21(17)19)14-16-5-7-18(8-6-16)24(25,26)27/h2-10,15H,11-14H2,1H3,(H,28,34)(H,29,30,31,32). The maximum Gasteiger partial charge on any atom is 0.416 e. The predicted molar refractivity (Wildman–Crippen MR) is 119 cm³/mol. The van der Waals surface area contributed by atoms with Crippen molar-refractivity contribution >= 4 is 16.8 Å². The van der Waals surface area contributed by atoms with E-state index in [2.05, 4.69) is 32.9 Å². The lowest BCUT2D eigenvalue weighted by atomic mass is 9.67. The van der Waals surface area contributed by atoms with Crippen LogP contribution in [0.25, 0.3) is 10.9 Å². The second-order valence-electron chi connectivity index (χ2n) is 9.13. The van der Waals surface area contributed by atoms with E-state index in [1.807, 2.05) is 29.0 Å². The average Bonchev–Trinajstić information content (AvgIpc) is 3.42. The zero-order chi connectivity index (χ0) is 23.9. The highest BCUT2D eigenvalue weighted by Gasteiger charge is 2.44. The van der Waals surface area contributed by atoms with Gasteiger partial charge in [0.25, 0.3) is 5.91 Å². The van der Waals surface area contributed by atoms with Gasteiger partial charge in [-0.15, -0.1) is 10.2 Å². The molecule has 34 heavy (non-hydrogen) atoms. The molecule has 1 amide bonds. The molecule has 2 aromatic carbocycles. The molecule has 1 saturated carbocycles. The summed E-state index contributed by atoms with van der Waals surface area (Å²) in [5.74, 6) is 0.830. The van der Waals surface area contributed by atoms with Gasteiger partial charge in [-0.3, -0.25) is 4.79 Å². The van der Waals surface area contributed by atoms with Crippen LogP contribution in [0.2, 0.25) is 0 Å². The third-order valence-electron chi connectivity index (χ3n) is 6.41. The number of carbonyl (C=O) groups excluding carboxylic acids is 1. The quantitative estimate of drug-likeness (QED) is 0.440. The molecular weight excluding hydrogens is 445 g/mol. The van der Waals surface area contributed by atoms with E-state index in [1.165, 1.54) is 12.1 Å². The number of hydrogen-bond donors (Lipinski definition) is 2. The van der Waals surface area contributed by atoms with E-state index in [1.54, 1.807) is 6.07 Å². The van der Waals surface area contributed by atoms with Gasteiger partial charge < -0.3 is 9.88 Å². The van der Waals surface area contributed by atoms with Crippen LogP contribution in [-0.4, -0.2) is 36.6 Å². The van der Waals surface area contributed by atoms with Crippen LogP contribution in [0.3, 0.4) is 0 Å². The Hall–Kier alpha value is -3.69. The number of aromatic nitrogens is 5. The molecule has 2 N–H and O–H groups in total. The van der Waals surface area contributed by atoms with E-state index in [9.17, 15) is 18.0 Å². The Balaban J connectivity index is 1.41. The van der Waals surface area contributed by atoms with Crippen molar-refractivity contribution in [2.24, 2.45) is 5.92 Å². The summed E-state index contributed by atoms with van der Waals surface area (Å²) in [6.45, 7) is 2.48. The molecule has 0 aliphatic heterocycles. The highest BCUT2D eigenvalue weighted by atomic mass is 19.4. The van der Waals surface area contributed by atoms with Crippen LogP contribution < -0.4 is 5.32 Å². The molecule has 0 bridgehead atoms. The Morgan fingerprint density at radius 3 is 2.59 bits per heavy atom. The number of amides is 1. The first-order chi connectivity index (χ1) is 16.2. The molecule has 5 rings (SSSR count). The number of rotatable bonds is 6. The van der Waals surface area contributed by atoms with Gasteiger partial charge in [-0.05, 0) is 48.6 Å². The van der Waals surface area contributed by atoms with Gasteiger partial charge in [0.15, 0.2) is 5.82 Å². The second kappa shape index (κ2) is 8.27. The van der Waals surface area contributed by atoms with Crippen LogP contribution in [-0.2, 0) is 19.1 Å². The van der Waals surface area contributed by atoms with Crippen molar-refractivity contribution in [3.05, 3.63) is 77.2 Å². The van der Waals surface area contributed by atoms with Gasteiger partial charge in [-0.1, -0.05) is 36.4 Å². The van der Waals surface area contributed by atoms with E-state index in [0.717, 1.165) is 35.9 Å². The molecule has 1 aliphatic rings. The van der Waals surface area contributed by atoms with E-state index in [-0.39, 0.29) is 5.91 Å². The molecule has 1 aliphatic carbocycles. The van der Waals surface area contributed by atoms with Crippen LogP contribution in [0.15, 0.2) is 54.7 Å². The molecule has 176 valence electrons. The Bertz CT molecular complexity index is 1300. The highest BCUT2D eigenvalue weighted by Crippen LogP contribution is 2.40. The van der Waals surface area contributed by atoms with E-state index in [4.69, 9.17) is 0 Å². The number of carbonyl (C=O) groups is 1. The number of H-pyrrole nitrogens is 1. The lowest BCUT2D eigenvalue weighted by Gasteiger charge is -2.46. The third kappa shape index (κ3) is 4.27. The van der Waals surface area contributed by atoms with Gasteiger partial charge in [0.1, 0.15) is 0 Å². The average molecular weight is 468 g/mol. The van der Waals surface area contributed by atoms with Gasteiger partial charge in [0.05, 0.1) is 16.6 Å². The van der Waals surface area contributed by atoms with Crippen molar-refractivity contribution in [3.63, 3.8) is 0 Å². The first-order valence-electron chi connectivity index (χ1n) is 11.0. The summed E-state index contributed by atoms with van der Waals surface area (Å²) >= 11 is 0. The Morgan fingerprint density at radius 2 is 1.94 bits per heavy atom. The summed E-state index contributed by atoms with van der Waals surface area (Å²) in [6.07, 6.45) is -0.409. The molecule has 2 aromatic heterocycles. The van der Waals surface area contributed by atoms with Crippen LogP contribution in [0, 0.1) is 5.92 Å². The van der Waals surface area contributed by atoms with Gasteiger partial charge in [-0.25, -0.2) is 0 Å². The minimum atomic E-state index is -4.37. The molecule has 0 spiro atoms. The van der Waals surface area contributed by atoms with E-state index in [0.29, 0.717) is 35.8 Å². The largest absolute Gasteiger partial charge is 0.416 e. The predicted octanol–water partition coefficient (Wildman–Crippen LogP) is 4.36. The number of hydrogen-bond acceptors (Lipinski definition) is 4. The number of alkyl halides is 3. The number of nitrogens with one attached hydrogen (secondary N) is 2. The fourth-order valence-electron chi connectivity index (χ4n) is 5.01. The lowest BCUT2D eigenvalue weighted by molar-refractivity contribution is -0.137. The van der Waals surface area contributed by atoms with Gasteiger partial charge in [0, 0.05) is 30.1 Å². The maximum absolute atomic E-state index is 13.4. The summed E-state index contributed by atoms with van der Waals surface area (Å²) < 4.78 is 40.6. The molecular formula is C24H23F3N6O. The van der Waals surface area contributed by atoms with Crippen molar-refractivity contribution in [2.45, 2.75) is 44.4 Å². The molecule has 0 saturated heterocycles. The number of aromatic amines is 1. The summed E-state index contributed by atoms with van der Waals surface area (Å²) in [4.78, 5) is 13.4. The molecule has 4 aromatic rings. The van der Waals surface area contributed by atoms with Crippen LogP contribution >= 0.6 is 0 Å². The SMILES string of the molecule is CC1CC(Cc2nn[nH]n2)(NC(=O)c2cccc3ccn(Cc4ccc(C(F)(F)F)cc4)c23)C1. The monoisotopic (exact) mass is 468 g/mol. The van der Waals surface area contributed by atoms with Gasteiger partial charge >= 0.3 is 6.18 Å². The number of halogens is 3. The molecule has 0 radical (unpaired) electrons. The van der Waals surface area contributed by atoms with Gasteiger partial charge in [-0.2, -0.15) is 18.4 Å². The Labute approximate surface area is 193 Å². The minimum absolute atomic E-state index is 0.201.